The Morgan fingerprint density at radius 1 is 1.03 bits per heavy atom. The number of sulfone groups is 1. The molecule has 4 nitrogen and oxygen atoms in total. The van der Waals surface area contributed by atoms with Crippen LogP contribution in [0.5, 0.6) is 5.75 Å². The number of nitrogens with zero attached hydrogens (tertiary/aromatic N) is 1. The van der Waals surface area contributed by atoms with Gasteiger partial charge in [-0.15, -0.1) is 0 Å². The third-order valence-electron chi connectivity index (χ3n) is 6.52. The van der Waals surface area contributed by atoms with E-state index in [0.29, 0.717) is 0 Å². The Morgan fingerprint density at radius 3 is 2.40 bits per heavy atom. The second kappa shape index (κ2) is 7.54. The molecule has 3 aliphatic rings. The van der Waals surface area contributed by atoms with Crippen LogP contribution in [0.15, 0.2) is 48.5 Å². The number of benzene rings is 2. The maximum absolute atomic E-state index is 11.5. The van der Waals surface area contributed by atoms with Crippen molar-refractivity contribution >= 4 is 15.9 Å². The average molecular weight is 424 g/mol. The number of hydrogen-bond acceptors (Lipinski definition) is 4. The Morgan fingerprint density at radius 2 is 1.73 bits per heavy atom. The lowest BCUT2D eigenvalue weighted by Gasteiger charge is -2.42. The van der Waals surface area contributed by atoms with Gasteiger partial charge in [-0.2, -0.15) is 0 Å². The molecule has 30 heavy (non-hydrogen) atoms. The topological polar surface area (TPSA) is 46.6 Å². The lowest BCUT2D eigenvalue weighted by Crippen LogP contribution is -2.48. The first kappa shape index (κ1) is 19.8. The fourth-order valence-electron chi connectivity index (χ4n) is 4.59. The maximum Gasteiger partial charge on any atom is 0.151 e. The smallest absolute Gasteiger partial charge is 0.151 e. The van der Waals surface area contributed by atoms with Crippen LogP contribution in [0.1, 0.15) is 36.8 Å². The molecule has 2 heterocycles. The molecule has 0 N–H and O–H groups in total. The molecule has 2 fully saturated rings. The van der Waals surface area contributed by atoms with Gasteiger partial charge >= 0.3 is 0 Å². The minimum Gasteiger partial charge on any atom is -0.482 e. The van der Waals surface area contributed by atoms with E-state index in [1.54, 1.807) is 0 Å². The zero-order valence-electron chi connectivity index (χ0n) is 17.5. The van der Waals surface area contributed by atoms with Gasteiger partial charge in [0.2, 0.25) is 0 Å². The van der Waals surface area contributed by atoms with Gasteiger partial charge in [0, 0.05) is 44.3 Å². The summed E-state index contributed by atoms with van der Waals surface area (Å²) in [5.41, 5.74) is 3.97. The van der Waals surface area contributed by atoms with Crippen LogP contribution in [0.4, 0.5) is 0 Å². The monoisotopic (exact) mass is 423 g/mol. The highest BCUT2D eigenvalue weighted by Crippen LogP contribution is 2.39. The molecular formula is C25H29NO3S. The van der Waals surface area contributed by atoms with Crippen LogP contribution in [-0.4, -0.2) is 44.8 Å². The minimum atomic E-state index is -3.02. The van der Waals surface area contributed by atoms with Gasteiger partial charge in [-0.1, -0.05) is 36.4 Å². The molecule has 0 atom stereocenters. The highest BCUT2D eigenvalue weighted by atomic mass is 32.2. The molecule has 1 saturated carbocycles. The van der Waals surface area contributed by atoms with Gasteiger partial charge < -0.3 is 9.64 Å². The largest absolute Gasteiger partial charge is 0.482 e. The van der Waals surface area contributed by atoms with Crippen LogP contribution >= 0.6 is 0 Å². The van der Waals surface area contributed by atoms with Crippen molar-refractivity contribution in [2.24, 2.45) is 5.92 Å². The fraction of sp³-hybridized carbons (Fsp3) is 0.440. The van der Waals surface area contributed by atoms with Gasteiger partial charge in [0.1, 0.15) is 11.4 Å². The van der Waals surface area contributed by atoms with Crippen LogP contribution in [0, 0.1) is 5.92 Å². The highest BCUT2D eigenvalue weighted by Gasteiger charge is 2.37. The Hall–Kier alpha value is -2.11. The van der Waals surface area contributed by atoms with Crippen molar-refractivity contribution in [3.05, 3.63) is 59.7 Å². The molecule has 5 rings (SSSR count). The highest BCUT2D eigenvalue weighted by molar-refractivity contribution is 7.89. The van der Waals surface area contributed by atoms with Crippen molar-refractivity contribution in [1.29, 1.82) is 0 Å². The number of ether oxygens (including phenoxy) is 1. The van der Waals surface area contributed by atoms with Gasteiger partial charge in [0.15, 0.2) is 9.84 Å². The van der Waals surface area contributed by atoms with Gasteiger partial charge in [-0.05, 0) is 53.7 Å². The summed E-state index contributed by atoms with van der Waals surface area (Å²) in [6.45, 7) is 3.50. The number of hydrogen-bond donors (Lipinski definition) is 0. The van der Waals surface area contributed by atoms with Crippen LogP contribution < -0.4 is 4.74 Å². The summed E-state index contributed by atoms with van der Waals surface area (Å²) in [5, 5.41) is 0. The third kappa shape index (κ3) is 4.47. The van der Waals surface area contributed by atoms with Gasteiger partial charge in [0.25, 0.3) is 0 Å². The lowest BCUT2D eigenvalue weighted by atomic mass is 9.87. The van der Waals surface area contributed by atoms with E-state index >= 15 is 0 Å². The van der Waals surface area contributed by atoms with E-state index in [4.69, 9.17) is 4.74 Å². The van der Waals surface area contributed by atoms with E-state index in [1.165, 1.54) is 25.6 Å². The van der Waals surface area contributed by atoms with Crippen molar-refractivity contribution in [1.82, 2.24) is 4.90 Å². The molecule has 0 bridgehead atoms. The standard InChI is InChI=1S/C25H29NO3S/c1-30(27,28)18-20-4-6-21(7-5-20)22-8-9-24-23(16-22)10-11-25(29-24)12-14-26(15-13-25)17-19-2-3-19/h4-11,16,19H,2-3,12-15,17-18H2,1H3. The van der Waals surface area contributed by atoms with Crippen LogP contribution in [0.3, 0.4) is 0 Å². The summed E-state index contributed by atoms with van der Waals surface area (Å²) < 4.78 is 29.5. The third-order valence-corrected chi connectivity index (χ3v) is 7.38. The number of rotatable bonds is 5. The predicted octanol–water partition coefficient (Wildman–Crippen LogP) is 4.55. The summed E-state index contributed by atoms with van der Waals surface area (Å²) >= 11 is 0. The fourth-order valence-corrected chi connectivity index (χ4v) is 5.39. The molecule has 0 unspecified atom stereocenters. The quantitative estimate of drug-likeness (QED) is 0.708. The van der Waals surface area contributed by atoms with Gasteiger partial charge in [-0.3, -0.25) is 0 Å². The van der Waals surface area contributed by atoms with Gasteiger partial charge in [-0.25, -0.2) is 8.42 Å². The van der Waals surface area contributed by atoms with E-state index < -0.39 is 9.84 Å². The summed E-state index contributed by atoms with van der Waals surface area (Å²) in [4.78, 5) is 2.60. The second-order valence-electron chi connectivity index (χ2n) is 9.26. The molecule has 2 aromatic carbocycles. The van der Waals surface area contributed by atoms with E-state index in [-0.39, 0.29) is 11.4 Å². The van der Waals surface area contributed by atoms with Gasteiger partial charge in [0.05, 0.1) is 5.75 Å². The number of piperidine rings is 1. The predicted molar refractivity (Wildman–Crippen MR) is 121 cm³/mol. The van der Waals surface area contributed by atoms with E-state index in [2.05, 4.69) is 35.3 Å². The van der Waals surface area contributed by atoms with Crippen molar-refractivity contribution < 1.29 is 13.2 Å². The van der Waals surface area contributed by atoms with Crippen molar-refractivity contribution in [3.8, 4) is 16.9 Å². The van der Waals surface area contributed by atoms with E-state index in [0.717, 1.165) is 59.9 Å². The Labute approximate surface area is 179 Å². The molecular weight excluding hydrogens is 394 g/mol. The first-order valence-corrected chi connectivity index (χ1v) is 13.0. The Bertz CT molecular complexity index is 1060. The Balaban J connectivity index is 1.29. The maximum atomic E-state index is 11.5. The summed E-state index contributed by atoms with van der Waals surface area (Å²) in [6, 6.07) is 14.1. The van der Waals surface area contributed by atoms with E-state index in [9.17, 15) is 8.42 Å². The first-order valence-electron chi connectivity index (χ1n) is 10.9. The van der Waals surface area contributed by atoms with Crippen molar-refractivity contribution in [2.45, 2.75) is 37.0 Å². The summed E-state index contributed by atoms with van der Waals surface area (Å²) in [6.07, 6.45) is 10.7. The zero-order chi connectivity index (χ0) is 20.8. The molecule has 158 valence electrons. The number of fused-ring (bicyclic) bond motifs is 1. The zero-order valence-corrected chi connectivity index (χ0v) is 18.3. The molecule has 0 aromatic heterocycles. The molecule has 1 spiro atoms. The lowest BCUT2D eigenvalue weighted by molar-refractivity contribution is 0.0373. The van der Waals surface area contributed by atoms with E-state index in [1.807, 2.05) is 24.3 Å². The molecule has 0 amide bonds. The van der Waals surface area contributed by atoms with Crippen LogP contribution in [0.25, 0.3) is 17.2 Å². The average Bonchev–Trinajstić information content (AvgIpc) is 3.53. The molecule has 1 aliphatic carbocycles. The molecule has 2 aromatic rings. The Kier molecular flexibility index (Phi) is 4.98. The summed E-state index contributed by atoms with van der Waals surface area (Å²) in [7, 11) is -3.02. The van der Waals surface area contributed by atoms with Crippen LogP contribution in [-0.2, 0) is 15.6 Å². The molecule has 2 aliphatic heterocycles. The second-order valence-corrected chi connectivity index (χ2v) is 11.4. The van der Waals surface area contributed by atoms with Crippen molar-refractivity contribution in [3.63, 3.8) is 0 Å². The first-order chi connectivity index (χ1) is 14.4. The summed E-state index contributed by atoms with van der Waals surface area (Å²) in [5.74, 6) is 1.99. The number of likely N-dealkylation sites (tertiary alicyclic amines) is 1. The molecule has 1 saturated heterocycles. The molecule has 0 radical (unpaired) electrons. The van der Waals surface area contributed by atoms with Crippen molar-refractivity contribution in [2.75, 3.05) is 25.9 Å². The minimum absolute atomic E-state index is 0.0776. The van der Waals surface area contributed by atoms with Crippen LogP contribution in [0.2, 0.25) is 0 Å². The SMILES string of the molecule is CS(=O)(=O)Cc1ccc(-c2ccc3c(c2)C=CC2(CCN(CC4CC4)CC2)O3)cc1. The molecule has 5 heteroatoms. The normalized spacial score (nSPS) is 20.7.